The lowest BCUT2D eigenvalue weighted by Crippen LogP contribution is -2.28. The van der Waals surface area contributed by atoms with Gasteiger partial charge < -0.3 is 9.30 Å². The molecule has 0 atom stereocenters. The SMILES string of the molecule is Cc1nc2ccccn2c1CC(=O)N(C)Cc1ccc(-n2cccn2)cc1. The fourth-order valence-corrected chi connectivity index (χ4v) is 3.19. The van der Waals surface area contributed by atoms with Crippen LogP contribution in [0.3, 0.4) is 0 Å². The van der Waals surface area contributed by atoms with E-state index >= 15 is 0 Å². The summed E-state index contributed by atoms with van der Waals surface area (Å²) in [6.45, 7) is 2.51. The van der Waals surface area contributed by atoms with Crippen LogP contribution in [0.25, 0.3) is 11.3 Å². The largest absolute Gasteiger partial charge is 0.341 e. The Bertz CT molecular complexity index is 1060. The average Bonchev–Trinajstić information content (AvgIpc) is 3.31. The second-order valence-corrected chi connectivity index (χ2v) is 6.62. The molecule has 0 aliphatic heterocycles. The standard InChI is InChI=1S/C21H21N5O/c1-16-19(25-12-4-3-6-20(25)23-16)14-21(27)24(2)15-17-7-9-18(10-8-17)26-13-5-11-22-26/h3-13H,14-15H2,1-2H3. The van der Waals surface area contributed by atoms with Crippen LogP contribution in [0.15, 0.2) is 67.1 Å². The average molecular weight is 359 g/mol. The minimum Gasteiger partial charge on any atom is -0.341 e. The number of likely N-dealkylation sites (N-methyl/N-ethyl adjacent to an activating group) is 1. The molecule has 6 nitrogen and oxygen atoms in total. The third kappa shape index (κ3) is 3.46. The van der Waals surface area contributed by atoms with Crippen LogP contribution in [0, 0.1) is 6.92 Å². The molecule has 4 aromatic rings. The fraction of sp³-hybridized carbons (Fsp3) is 0.190. The summed E-state index contributed by atoms with van der Waals surface area (Å²) in [6, 6.07) is 15.8. The first-order valence-corrected chi connectivity index (χ1v) is 8.87. The minimum atomic E-state index is 0.0694. The van der Waals surface area contributed by atoms with Gasteiger partial charge in [0.1, 0.15) is 5.65 Å². The molecule has 3 heterocycles. The summed E-state index contributed by atoms with van der Waals surface area (Å²) in [6.07, 6.45) is 5.94. The fourth-order valence-electron chi connectivity index (χ4n) is 3.19. The van der Waals surface area contributed by atoms with Crippen molar-refractivity contribution < 1.29 is 4.79 Å². The number of carbonyl (C=O) groups is 1. The van der Waals surface area contributed by atoms with Gasteiger partial charge in [-0.15, -0.1) is 0 Å². The number of nitrogens with zero attached hydrogens (tertiary/aromatic N) is 5. The Morgan fingerprint density at radius 3 is 2.63 bits per heavy atom. The normalized spacial score (nSPS) is 11.0. The summed E-state index contributed by atoms with van der Waals surface area (Å²) in [7, 11) is 1.84. The van der Waals surface area contributed by atoms with Gasteiger partial charge in [0.15, 0.2) is 0 Å². The van der Waals surface area contributed by atoms with Gasteiger partial charge in [-0.1, -0.05) is 18.2 Å². The number of rotatable bonds is 5. The highest BCUT2D eigenvalue weighted by molar-refractivity contribution is 5.78. The zero-order valence-corrected chi connectivity index (χ0v) is 15.4. The molecule has 27 heavy (non-hydrogen) atoms. The summed E-state index contributed by atoms with van der Waals surface area (Å²) in [5, 5.41) is 4.22. The Morgan fingerprint density at radius 1 is 1.07 bits per heavy atom. The molecule has 0 saturated heterocycles. The van der Waals surface area contributed by atoms with Crippen LogP contribution in [-0.4, -0.2) is 37.0 Å². The molecule has 0 unspecified atom stereocenters. The van der Waals surface area contributed by atoms with Gasteiger partial charge in [0.2, 0.25) is 5.91 Å². The minimum absolute atomic E-state index is 0.0694. The van der Waals surface area contributed by atoms with Gasteiger partial charge >= 0.3 is 0 Å². The quantitative estimate of drug-likeness (QED) is 0.550. The van der Waals surface area contributed by atoms with Crippen LogP contribution in [0.1, 0.15) is 17.0 Å². The van der Waals surface area contributed by atoms with Gasteiger partial charge in [0.05, 0.1) is 23.5 Å². The van der Waals surface area contributed by atoms with Crippen LogP contribution in [0.2, 0.25) is 0 Å². The van der Waals surface area contributed by atoms with Crippen LogP contribution in [0.5, 0.6) is 0 Å². The molecule has 1 aromatic carbocycles. The first-order chi connectivity index (χ1) is 13.1. The van der Waals surface area contributed by atoms with E-state index in [0.29, 0.717) is 13.0 Å². The molecule has 0 aliphatic rings. The maximum Gasteiger partial charge on any atom is 0.228 e. The lowest BCUT2D eigenvalue weighted by atomic mass is 10.2. The molecule has 0 spiro atoms. The number of benzene rings is 1. The van der Waals surface area contributed by atoms with Gasteiger partial charge in [-0.25, -0.2) is 9.67 Å². The number of hydrogen-bond donors (Lipinski definition) is 0. The van der Waals surface area contributed by atoms with Crippen LogP contribution >= 0.6 is 0 Å². The topological polar surface area (TPSA) is 55.4 Å². The molecule has 136 valence electrons. The number of aromatic nitrogens is 4. The van der Waals surface area contributed by atoms with Crippen molar-refractivity contribution in [2.75, 3.05) is 7.05 Å². The molecule has 3 aromatic heterocycles. The predicted molar refractivity (Wildman–Crippen MR) is 104 cm³/mol. The summed E-state index contributed by atoms with van der Waals surface area (Å²) < 4.78 is 3.80. The lowest BCUT2D eigenvalue weighted by Gasteiger charge is -2.18. The van der Waals surface area contributed by atoms with Crippen LogP contribution < -0.4 is 0 Å². The smallest absolute Gasteiger partial charge is 0.228 e. The Balaban J connectivity index is 1.45. The monoisotopic (exact) mass is 359 g/mol. The van der Waals surface area contributed by atoms with Gasteiger partial charge in [-0.3, -0.25) is 4.79 Å². The maximum atomic E-state index is 12.7. The zero-order valence-electron chi connectivity index (χ0n) is 15.4. The molecule has 0 aliphatic carbocycles. The number of aryl methyl sites for hydroxylation is 1. The molecule has 0 saturated carbocycles. The molecule has 0 radical (unpaired) electrons. The highest BCUT2D eigenvalue weighted by Crippen LogP contribution is 2.15. The molecule has 0 fully saturated rings. The van der Waals surface area contributed by atoms with Crippen LogP contribution in [0.4, 0.5) is 0 Å². The Labute approximate surface area is 157 Å². The van der Waals surface area contributed by atoms with Crippen molar-refractivity contribution in [3.05, 3.63) is 84.1 Å². The number of carbonyl (C=O) groups excluding carboxylic acids is 1. The highest BCUT2D eigenvalue weighted by Gasteiger charge is 2.16. The summed E-state index contributed by atoms with van der Waals surface area (Å²) in [5.74, 6) is 0.0694. The summed E-state index contributed by atoms with van der Waals surface area (Å²) in [5.41, 5.74) is 4.79. The molecular weight excluding hydrogens is 338 g/mol. The van der Waals surface area contributed by atoms with Crippen molar-refractivity contribution in [2.24, 2.45) is 0 Å². The summed E-state index contributed by atoms with van der Waals surface area (Å²) >= 11 is 0. The first-order valence-electron chi connectivity index (χ1n) is 8.87. The van der Waals surface area contributed by atoms with Crippen molar-refractivity contribution in [3.8, 4) is 5.69 Å². The number of amides is 1. The Hall–Kier alpha value is -3.41. The molecule has 4 rings (SSSR count). The maximum absolute atomic E-state index is 12.7. The van der Waals surface area contributed by atoms with Gasteiger partial charge in [0, 0.05) is 32.2 Å². The highest BCUT2D eigenvalue weighted by atomic mass is 16.2. The van der Waals surface area contributed by atoms with E-state index in [2.05, 4.69) is 10.1 Å². The van der Waals surface area contributed by atoms with E-state index in [9.17, 15) is 4.79 Å². The molecule has 1 amide bonds. The predicted octanol–water partition coefficient (Wildman–Crippen LogP) is 3.03. The van der Waals surface area contributed by atoms with Crippen molar-refractivity contribution >= 4 is 11.6 Å². The van der Waals surface area contributed by atoms with Gasteiger partial charge in [-0.05, 0) is 42.8 Å². The molecule has 0 N–H and O–H groups in total. The number of fused-ring (bicyclic) bond motifs is 1. The zero-order chi connectivity index (χ0) is 18.8. The molecule has 0 bridgehead atoms. The third-order valence-electron chi connectivity index (χ3n) is 4.70. The van der Waals surface area contributed by atoms with E-state index in [4.69, 9.17) is 0 Å². The Morgan fingerprint density at radius 2 is 1.89 bits per heavy atom. The van der Waals surface area contributed by atoms with E-state index < -0.39 is 0 Å². The second kappa shape index (κ2) is 7.07. The van der Waals surface area contributed by atoms with E-state index in [1.807, 2.05) is 84.0 Å². The third-order valence-corrected chi connectivity index (χ3v) is 4.70. The van der Waals surface area contributed by atoms with Crippen molar-refractivity contribution in [2.45, 2.75) is 19.9 Å². The molecule has 6 heteroatoms. The first kappa shape index (κ1) is 17.0. The van der Waals surface area contributed by atoms with E-state index in [0.717, 1.165) is 28.3 Å². The number of hydrogen-bond acceptors (Lipinski definition) is 3. The Kier molecular flexibility index (Phi) is 4.46. The summed E-state index contributed by atoms with van der Waals surface area (Å²) in [4.78, 5) is 19.0. The van der Waals surface area contributed by atoms with E-state index in [1.54, 1.807) is 11.1 Å². The second-order valence-electron chi connectivity index (χ2n) is 6.62. The number of imidazole rings is 1. The lowest BCUT2D eigenvalue weighted by molar-refractivity contribution is -0.129. The van der Waals surface area contributed by atoms with E-state index in [1.165, 1.54) is 0 Å². The number of pyridine rings is 1. The van der Waals surface area contributed by atoms with E-state index in [-0.39, 0.29) is 5.91 Å². The molecular formula is C21H21N5O. The van der Waals surface area contributed by atoms with Crippen LogP contribution in [-0.2, 0) is 17.8 Å². The van der Waals surface area contributed by atoms with Crippen molar-refractivity contribution in [3.63, 3.8) is 0 Å². The van der Waals surface area contributed by atoms with Crippen molar-refractivity contribution in [1.82, 2.24) is 24.1 Å². The van der Waals surface area contributed by atoms with Gasteiger partial charge in [0.25, 0.3) is 0 Å². The van der Waals surface area contributed by atoms with Gasteiger partial charge in [-0.2, -0.15) is 5.10 Å². The van der Waals surface area contributed by atoms with Crippen molar-refractivity contribution in [1.29, 1.82) is 0 Å².